The van der Waals surface area contributed by atoms with E-state index < -0.39 is 19.1 Å². The van der Waals surface area contributed by atoms with Crippen molar-refractivity contribution in [2.75, 3.05) is 6.61 Å². The smallest absolute Gasteiger partial charge is 0.377 e. The molecule has 0 unspecified atom stereocenters. The van der Waals surface area contributed by atoms with E-state index in [1.54, 1.807) is 0 Å². The van der Waals surface area contributed by atoms with Crippen LogP contribution in [0.25, 0.3) is 11.2 Å². The second kappa shape index (κ2) is 5.66. The summed E-state index contributed by atoms with van der Waals surface area (Å²) in [5, 5.41) is 16.5. The van der Waals surface area contributed by atoms with E-state index in [4.69, 9.17) is 9.79 Å². The Morgan fingerprint density at radius 2 is 2.13 bits per heavy atom. The predicted molar refractivity (Wildman–Crippen MR) is 76.0 cm³/mol. The molecule has 13 heteroatoms. The van der Waals surface area contributed by atoms with Crippen LogP contribution < -0.4 is 11.0 Å². The number of aliphatic hydroxyl groups is 1. The number of rotatable bonds is 5. The molecule has 3 rings (SSSR count). The third-order valence-electron chi connectivity index (χ3n) is 3.20. The maximum atomic E-state index is 11.6. The summed E-state index contributed by atoms with van der Waals surface area (Å²) >= 11 is 0. The summed E-state index contributed by atoms with van der Waals surface area (Å²) in [6, 6.07) is -0.665. The Morgan fingerprint density at radius 1 is 1.35 bits per heavy atom. The average molecular weight is 341 g/mol. The molecular formula is C10H12N7O5P. The normalized spacial score (nSPS) is 13.5. The molecule has 3 heterocycles. The summed E-state index contributed by atoms with van der Waals surface area (Å²) in [6.45, 7) is -0.236. The van der Waals surface area contributed by atoms with Crippen LogP contribution in [0.15, 0.2) is 23.6 Å². The largest absolute Gasteiger partial charge is 0.394 e. The Balaban J connectivity index is 1.93. The first-order chi connectivity index (χ1) is 10.9. The van der Waals surface area contributed by atoms with Crippen LogP contribution in [0.5, 0.6) is 0 Å². The van der Waals surface area contributed by atoms with Crippen molar-refractivity contribution in [3.05, 3.63) is 29.2 Å². The fourth-order valence-corrected chi connectivity index (χ4v) is 2.48. The highest BCUT2D eigenvalue weighted by Crippen LogP contribution is 2.31. The zero-order chi connectivity index (χ0) is 16.6. The van der Waals surface area contributed by atoms with E-state index in [2.05, 4.69) is 25.3 Å². The van der Waals surface area contributed by atoms with Crippen molar-refractivity contribution in [1.82, 2.24) is 34.5 Å². The number of hydrogen-bond acceptors (Lipinski definition) is 7. The van der Waals surface area contributed by atoms with Gasteiger partial charge in [-0.1, -0.05) is 5.21 Å². The van der Waals surface area contributed by atoms with E-state index in [1.165, 1.54) is 17.2 Å². The summed E-state index contributed by atoms with van der Waals surface area (Å²) in [5.74, 6) is 0. The molecule has 0 spiro atoms. The Hall–Kier alpha value is -2.40. The summed E-state index contributed by atoms with van der Waals surface area (Å²) in [5.41, 5.74) is -0.402. The minimum atomic E-state index is -4.52. The third kappa shape index (κ3) is 2.92. The van der Waals surface area contributed by atoms with Crippen molar-refractivity contribution < 1.29 is 19.5 Å². The molecule has 12 nitrogen and oxygen atoms in total. The minimum Gasteiger partial charge on any atom is -0.394 e. The fourth-order valence-electron chi connectivity index (χ4n) is 2.06. The van der Waals surface area contributed by atoms with Crippen molar-refractivity contribution in [1.29, 1.82) is 0 Å². The van der Waals surface area contributed by atoms with Gasteiger partial charge in [-0.05, 0) is 0 Å². The molecule has 0 aliphatic heterocycles. The Morgan fingerprint density at radius 3 is 2.78 bits per heavy atom. The van der Waals surface area contributed by atoms with Gasteiger partial charge in [0.1, 0.15) is 0 Å². The van der Waals surface area contributed by atoms with Gasteiger partial charge < -0.3 is 24.4 Å². The molecule has 4 N–H and O–H groups in total. The van der Waals surface area contributed by atoms with Gasteiger partial charge in [-0.2, -0.15) is 0 Å². The Labute approximate surface area is 127 Å². The molecule has 0 radical (unpaired) electrons. The molecule has 0 fully saturated rings. The first kappa shape index (κ1) is 15.5. The van der Waals surface area contributed by atoms with Gasteiger partial charge in [0.25, 0.3) is 5.56 Å². The van der Waals surface area contributed by atoms with E-state index in [9.17, 15) is 14.5 Å². The van der Waals surface area contributed by atoms with E-state index >= 15 is 0 Å². The van der Waals surface area contributed by atoms with Crippen molar-refractivity contribution in [3.8, 4) is 0 Å². The quantitative estimate of drug-likeness (QED) is 0.374. The van der Waals surface area contributed by atoms with Crippen molar-refractivity contribution in [3.63, 3.8) is 0 Å². The number of aromatic amines is 1. The highest BCUT2D eigenvalue weighted by Gasteiger charge is 2.24. The Kier molecular flexibility index (Phi) is 3.82. The lowest BCUT2D eigenvalue weighted by Gasteiger charge is -2.14. The van der Waals surface area contributed by atoms with Gasteiger partial charge in [-0.3, -0.25) is 9.36 Å². The van der Waals surface area contributed by atoms with Crippen LogP contribution in [-0.2, 0) is 11.1 Å². The lowest BCUT2D eigenvalue weighted by Crippen LogP contribution is -2.20. The number of imidazole rings is 1. The lowest BCUT2D eigenvalue weighted by atomic mass is 10.3. The van der Waals surface area contributed by atoms with Gasteiger partial charge in [0, 0.05) is 0 Å². The molecule has 0 bridgehead atoms. The van der Waals surface area contributed by atoms with Crippen LogP contribution in [0.3, 0.4) is 0 Å². The van der Waals surface area contributed by atoms with Gasteiger partial charge >= 0.3 is 7.60 Å². The number of H-pyrrole nitrogens is 1. The molecule has 23 heavy (non-hydrogen) atoms. The van der Waals surface area contributed by atoms with Crippen LogP contribution in [-0.4, -0.2) is 56.0 Å². The number of aliphatic hydroxyl groups excluding tert-OH is 1. The highest BCUT2D eigenvalue weighted by atomic mass is 31.2. The fraction of sp³-hybridized carbons (Fsp3) is 0.300. The van der Waals surface area contributed by atoms with Gasteiger partial charge in [-0.15, -0.1) is 5.10 Å². The molecule has 0 amide bonds. The van der Waals surface area contributed by atoms with E-state index in [1.807, 2.05) is 0 Å². The number of fused-ring (bicyclic) bond motifs is 1. The van der Waals surface area contributed by atoms with Crippen molar-refractivity contribution in [2.45, 2.75) is 12.6 Å². The second-order valence-electron chi connectivity index (χ2n) is 4.74. The number of aromatic nitrogens is 7. The predicted octanol–water partition coefficient (Wildman–Crippen LogP) is -2.25. The third-order valence-corrected chi connectivity index (χ3v) is 4.00. The van der Waals surface area contributed by atoms with Gasteiger partial charge in [0.05, 0.1) is 38.0 Å². The summed E-state index contributed by atoms with van der Waals surface area (Å²) in [6.07, 6.45) is 3.69. The van der Waals surface area contributed by atoms with Crippen molar-refractivity contribution in [2.24, 2.45) is 0 Å². The van der Waals surface area contributed by atoms with E-state index in [0.29, 0.717) is 5.65 Å². The van der Waals surface area contributed by atoms with Crippen LogP contribution in [0.1, 0.15) is 6.04 Å². The maximum absolute atomic E-state index is 11.6. The summed E-state index contributed by atoms with van der Waals surface area (Å²) in [4.78, 5) is 40.1. The molecular weight excluding hydrogens is 329 g/mol. The number of hydrogen-bond donors (Lipinski definition) is 4. The molecule has 122 valence electrons. The van der Waals surface area contributed by atoms with Crippen LogP contribution in [0.2, 0.25) is 0 Å². The Bertz CT molecular complexity index is 940. The second-order valence-corrected chi connectivity index (χ2v) is 6.28. The van der Waals surface area contributed by atoms with Crippen LogP contribution >= 0.6 is 7.60 Å². The van der Waals surface area contributed by atoms with Crippen molar-refractivity contribution >= 4 is 24.2 Å². The molecule has 0 saturated carbocycles. The van der Waals surface area contributed by atoms with Gasteiger partial charge in [0.15, 0.2) is 16.6 Å². The zero-order valence-corrected chi connectivity index (χ0v) is 12.4. The molecule has 0 aliphatic rings. The molecule has 0 saturated heterocycles. The first-order valence-electron chi connectivity index (χ1n) is 6.37. The lowest BCUT2D eigenvalue weighted by molar-refractivity contribution is 0.202. The molecule has 1 atom stereocenters. The van der Waals surface area contributed by atoms with Crippen LogP contribution in [0.4, 0.5) is 0 Å². The van der Waals surface area contributed by atoms with Gasteiger partial charge in [-0.25, -0.2) is 14.6 Å². The molecule has 0 aromatic carbocycles. The maximum Gasteiger partial charge on any atom is 0.377 e. The first-order valence-corrected chi connectivity index (χ1v) is 7.98. The zero-order valence-electron chi connectivity index (χ0n) is 11.5. The van der Waals surface area contributed by atoms with Gasteiger partial charge in [0.2, 0.25) is 0 Å². The van der Waals surface area contributed by atoms with E-state index in [-0.39, 0.29) is 24.2 Å². The summed E-state index contributed by atoms with van der Waals surface area (Å²) in [7, 11) is -4.52. The van der Waals surface area contributed by atoms with Crippen LogP contribution in [0, 0.1) is 0 Å². The number of nitrogens with one attached hydrogen (secondary N) is 1. The average Bonchev–Trinajstić information content (AvgIpc) is 3.12. The topological polar surface area (TPSA) is 172 Å². The van der Waals surface area contributed by atoms with E-state index in [0.717, 1.165) is 10.9 Å². The molecule has 0 aliphatic carbocycles. The summed E-state index contributed by atoms with van der Waals surface area (Å²) < 4.78 is 13.8. The molecule has 3 aromatic rings. The standard InChI is InChI=1S/C10H12N7O5P/c18-3-6(17-2-7(14-15-17)23(20,21)22)1-16-5-13-8-9(16)11-4-12-10(8)19/h2,4-6,18H,1,3H2,(H,11,12,19)(H2,20,21,22)/t6-/m1/s1. The number of nitrogens with zero attached hydrogens (tertiary/aromatic N) is 6. The highest BCUT2D eigenvalue weighted by molar-refractivity contribution is 7.59. The molecule has 3 aromatic heterocycles. The SMILES string of the molecule is O=c1[nH]cnc2c1ncn2C[C@H](CO)n1cc(P(=O)(O)O)nn1. The monoisotopic (exact) mass is 341 g/mol. The minimum absolute atomic E-state index is 0.132.